The Morgan fingerprint density at radius 3 is 2.93 bits per heavy atom. The van der Waals surface area contributed by atoms with Crippen LogP contribution in [0.5, 0.6) is 0 Å². The predicted molar refractivity (Wildman–Crippen MR) is 71.4 cm³/mol. The lowest BCUT2D eigenvalue weighted by molar-refractivity contribution is -0.114. The summed E-state index contributed by atoms with van der Waals surface area (Å²) in [5.74, 6) is -0.0477. The fourth-order valence-electron chi connectivity index (χ4n) is 1.36. The number of carbonyl (C=O) groups is 1. The minimum absolute atomic E-state index is 0.0477. The Kier molecular flexibility index (Phi) is 2.92. The van der Waals surface area contributed by atoms with Crippen molar-refractivity contribution in [3.63, 3.8) is 0 Å². The van der Waals surface area contributed by atoms with Gasteiger partial charge in [0.1, 0.15) is 0 Å². The van der Waals surface area contributed by atoms with E-state index in [1.54, 1.807) is 11.3 Å². The highest BCUT2D eigenvalue weighted by Crippen LogP contribution is 2.31. The number of amides is 1. The number of nitrogens with one attached hydrogen (secondary N) is 1. The average Bonchev–Trinajstić information content (AvgIpc) is 2.51. The van der Waals surface area contributed by atoms with Gasteiger partial charge in [0.05, 0.1) is 24.5 Å². The summed E-state index contributed by atoms with van der Waals surface area (Å²) in [6.07, 6.45) is 0. The third-order valence-electron chi connectivity index (χ3n) is 1.91. The van der Waals surface area contributed by atoms with Crippen LogP contribution in [0.4, 0.5) is 5.69 Å². The Hall–Kier alpha value is -0.690. The van der Waals surface area contributed by atoms with Crippen LogP contribution < -0.4 is 5.32 Å². The van der Waals surface area contributed by atoms with Crippen molar-refractivity contribution >= 4 is 55.7 Å². The maximum Gasteiger partial charge on any atom is 0.221 e. The van der Waals surface area contributed by atoms with Crippen LogP contribution in [-0.4, -0.2) is 10.9 Å². The Morgan fingerprint density at radius 2 is 2.27 bits per heavy atom. The topological polar surface area (TPSA) is 42.0 Å². The molecule has 78 valence electrons. The van der Waals surface area contributed by atoms with E-state index < -0.39 is 0 Å². The van der Waals surface area contributed by atoms with Crippen molar-refractivity contribution in [1.82, 2.24) is 4.98 Å². The summed E-state index contributed by atoms with van der Waals surface area (Å²) in [5, 5.41) is 3.85. The lowest BCUT2D eigenvalue weighted by Crippen LogP contribution is -2.06. The summed E-state index contributed by atoms with van der Waals surface area (Å²) in [5.41, 5.74) is 1.86. The Morgan fingerprint density at radius 1 is 1.53 bits per heavy atom. The number of benzene rings is 1. The minimum atomic E-state index is -0.0477. The van der Waals surface area contributed by atoms with Gasteiger partial charge in [-0.3, -0.25) is 4.79 Å². The van der Waals surface area contributed by atoms with Crippen LogP contribution >= 0.6 is 33.9 Å². The first-order chi connectivity index (χ1) is 7.08. The molecular weight excluding hydrogens is 323 g/mol. The van der Waals surface area contributed by atoms with Gasteiger partial charge in [-0.25, -0.2) is 4.98 Å². The van der Waals surface area contributed by atoms with E-state index in [9.17, 15) is 4.79 Å². The molecule has 3 nitrogen and oxygen atoms in total. The van der Waals surface area contributed by atoms with E-state index in [1.807, 2.05) is 19.1 Å². The lowest BCUT2D eigenvalue weighted by Gasteiger charge is -2.04. The van der Waals surface area contributed by atoms with Crippen molar-refractivity contribution in [2.45, 2.75) is 13.8 Å². The largest absolute Gasteiger partial charge is 0.325 e. The molecule has 2 aromatic rings. The molecule has 0 saturated carbocycles. The van der Waals surface area contributed by atoms with Gasteiger partial charge in [0, 0.05) is 6.92 Å². The second-order valence-corrected chi connectivity index (χ2v) is 5.47. The molecule has 0 bridgehead atoms. The van der Waals surface area contributed by atoms with Crippen molar-refractivity contribution in [3.05, 3.63) is 20.7 Å². The molecule has 0 atom stereocenters. The number of hydrogen-bond donors (Lipinski definition) is 1. The molecule has 0 fully saturated rings. The third-order valence-corrected chi connectivity index (χ3v) is 4.41. The van der Waals surface area contributed by atoms with Crippen molar-refractivity contribution in [2.24, 2.45) is 0 Å². The molecule has 0 saturated heterocycles. The lowest BCUT2D eigenvalue weighted by atomic mass is 10.3. The fraction of sp³-hybridized carbons (Fsp3) is 0.200. The number of halogens is 1. The number of fused-ring (bicyclic) bond motifs is 1. The highest BCUT2D eigenvalue weighted by atomic mass is 127. The average molecular weight is 332 g/mol. The molecule has 1 aromatic carbocycles. The zero-order valence-electron chi connectivity index (χ0n) is 8.30. The van der Waals surface area contributed by atoms with E-state index in [0.717, 1.165) is 24.5 Å². The van der Waals surface area contributed by atoms with E-state index in [4.69, 9.17) is 0 Å². The molecule has 0 radical (unpaired) electrons. The van der Waals surface area contributed by atoms with E-state index in [1.165, 1.54) is 6.92 Å². The molecule has 0 aliphatic rings. The van der Waals surface area contributed by atoms with Gasteiger partial charge < -0.3 is 5.32 Å². The molecule has 1 N–H and O–H groups in total. The van der Waals surface area contributed by atoms with Gasteiger partial charge in [-0.1, -0.05) is 0 Å². The monoisotopic (exact) mass is 332 g/mol. The summed E-state index contributed by atoms with van der Waals surface area (Å²) < 4.78 is 2.20. The molecular formula is C10H9IN2OS. The number of aryl methyl sites for hydroxylation is 1. The maximum atomic E-state index is 11.0. The van der Waals surface area contributed by atoms with Crippen LogP contribution in [0.1, 0.15) is 11.9 Å². The van der Waals surface area contributed by atoms with E-state index >= 15 is 0 Å². The van der Waals surface area contributed by atoms with Crippen LogP contribution in [0, 0.1) is 10.5 Å². The Balaban J connectivity index is 2.58. The van der Waals surface area contributed by atoms with Gasteiger partial charge in [0.15, 0.2) is 0 Å². The van der Waals surface area contributed by atoms with Crippen LogP contribution in [0.3, 0.4) is 0 Å². The van der Waals surface area contributed by atoms with Gasteiger partial charge in [-0.05, 0) is 41.6 Å². The summed E-state index contributed by atoms with van der Waals surface area (Å²) >= 11 is 3.89. The summed E-state index contributed by atoms with van der Waals surface area (Å²) in [4.78, 5) is 15.4. The second kappa shape index (κ2) is 4.05. The molecule has 1 heterocycles. The molecule has 0 unspecified atom stereocenters. The molecule has 2 rings (SSSR count). The number of thiazole rings is 1. The smallest absolute Gasteiger partial charge is 0.221 e. The molecule has 5 heteroatoms. The molecule has 15 heavy (non-hydrogen) atoms. The minimum Gasteiger partial charge on any atom is -0.325 e. The molecule has 0 aliphatic heterocycles. The van der Waals surface area contributed by atoms with Crippen LogP contribution in [0.15, 0.2) is 12.1 Å². The maximum absolute atomic E-state index is 11.0. The highest BCUT2D eigenvalue weighted by molar-refractivity contribution is 14.1. The first kappa shape index (κ1) is 10.8. The van der Waals surface area contributed by atoms with E-state index in [0.29, 0.717) is 0 Å². The molecule has 0 spiro atoms. The number of hydrogen-bond acceptors (Lipinski definition) is 3. The second-order valence-electron chi connectivity index (χ2n) is 3.19. The number of rotatable bonds is 1. The first-order valence-electron chi connectivity index (χ1n) is 4.41. The van der Waals surface area contributed by atoms with Gasteiger partial charge >= 0.3 is 0 Å². The molecule has 0 aliphatic carbocycles. The number of carbonyl (C=O) groups excluding carboxylic acids is 1. The van der Waals surface area contributed by atoms with Gasteiger partial charge in [-0.15, -0.1) is 11.3 Å². The highest BCUT2D eigenvalue weighted by Gasteiger charge is 2.09. The Bertz CT molecular complexity index is 535. The summed E-state index contributed by atoms with van der Waals surface area (Å²) in [6, 6.07) is 3.83. The third kappa shape index (κ3) is 2.12. The van der Waals surface area contributed by atoms with Crippen molar-refractivity contribution in [3.8, 4) is 0 Å². The van der Waals surface area contributed by atoms with Crippen molar-refractivity contribution < 1.29 is 4.79 Å². The van der Waals surface area contributed by atoms with Crippen LogP contribution in [0.2, 0.25) is 0 Å². The SMILES string of the molecule is CC(=O)Nc1ccc2nc(C)sc2c1I. The Labute approximate surface area is 105 Å². The fourth-order valence-corrected chi connectivity index (χ4v) is 3.14. The first-order valence-corrected chi connectivity index (χ1v) is 6.30. The quantitative estimate of drug-likeness (QED) is 0.815. The molecule has 1 amide bonds. The zero-order valence-corrected chi connectivity index (χ0v) is 11.3. The number of anilines is 1. The van der Waals surface area contributed by atoms with Crippen molar-refractivity contribution in [2.75, 3.05) is 5.32 Å². The summed E-state index contributed by atoms with van der Waals surface area (Å²) in [7, 11) is 0. The van der Waals surface area contributed by atoms with E-state index in [-0.39, 0.29) is 5.91 Å². The van der Waals surface area contributed by atoms with Gasteiger partial charge in [0.2, 0.25) is 5.91 Å². The summed E-state index contributed by atoms with van der Waals surface area (Å²) in [6.45, 7) is 3.50. The molecule has 1 aromatic heterocycles. The van der Waals surface area contributed by atoms with Crippen LogP contribution in [-0.2, 0) is 4.79 Å². The van der Waals surface area contributed by atoms with Crippen LogP contribution in [0.25, 0.3) is 10.2 Å². The normalized spacial score (nSPS) is 10.6. The zero-order chi connectivity index (χ0) is 11.0. The number of nitrogens with zero attached hydrogens (tertiary/aromatic N) is 1. The standard InChI is InChI=1S/C10H9IN2OS/c1-5(14)12-7-3-4-8-10(9(7)11)15-6(2)13-8/h3-4H,1-2H3,(H,12,14). The van der Waals surface area contributed by atoms with E-state index in [2.05, 4.69) is 32.9 Å². The number of aromatic nitrogens is 1. The predicted octanol–water partition coefficient (Wildman–Crippen LogP) is 3.17. The van der Waals surface area contributed by atoms with Gasteiger partial charge in [-0.2, -0.15) is 0 Å². The van der Waals surface area contributed by atoms with Crippen molar-refractivity contribution in [1.29, 1.82) is 0 Å². The van der Waals surface area contributed by atoms with Gasteiger partial charge in [0.25, 0.3) is 0 Å².